The van der Waals surface area contributed by atoms with Gasteiger partial charge in [0.2, 0.25) is 0 Å². The highest BCUT2D eigenvalue weighted by Gasteiger charge is 2.23. The summed E-state index contributed by atoms with van der Waals surface area (Å²) in [6.07, 6.45) is 0.524. The number of cyclic esters (lactones) is 1. The van der Waals surface area contributed by atoms with Gasteiger partial charge in [-0.1, -0.05) is 0 Å². The summed E-state index contributed by atoms with van der Waals surface area (Å²) < 4.78 is 7.18. The van der Waals surface area contributed by atoms with Crippen molar-refractivity contribution in [2.75, 3.05) is 6.61 Å². The second kappa shape index (κ2) is 3.78. The van der Waals surface area contributed by atoms with E-state index >= 15 is 0 Å². The maximum Gasteiger partial charge on any atom is 0.357 e. The molecule has 0 amide bonds. The standard InChI is InChI=1S/C12H11N3O4/c1-14-9-7(10(16)15(2)12(14)18)5-6-3-4-19-11(17)8(6)13-9/h5H,3-4H2,1-2H3. The number of ether oxygens (including phenoxy) is 1. The Morgan fingerprint density at radius 1 is 1.21 bits per heavy atom. The van der Waals surface area contributed by atoms with E-state index in [4.69, 9.17) is 4.74 Å². The maximum absolute atomic E-state index is 12.1. The van der Waals surface area contributed by atoms with E-state index in [2.05, 4.69) is 4.98 Å². The Bertz CT molecular complexity index is 831. The van der Waals surface area contributed by atoms with Crippen molar-refractivity contribution in [2.24, 2.45) is 14.1 Å². The lowest BCUT2D eigenvalue weighted by Crippen LogP contribution is -2.37. The number of carbonyl (C=O) groups excluding carboxylic acids is 1. The van der Waals surface area contributed by atoms with Crippen LogP contribution in [0, 0.1) is 0 Å². The third kappa shape index (κ3) is 1.51. The van der Waals surface area contributed by atoms with Gasteiger partial charge in [0.25, 0.3) is 5.56 Å². The minimum Gasteiger partial charge on any atom is -0.461 e. The first-order valence-corrected chi connectivity index (χ1v) is 5.77. The number of nitrogens with zero attached hydrogens (tertiary/aromatic N) is 3. The van der Waals surface area contributed by atoms with Crippen molar-refractivity contribution in [3.63, 3.8) is 0 Å². The quantitative estimate of drug-likeness (QED) is 0.588. The lowest BCUT2D eigenvalue weighted by Gasteiger charge is -2.16. The average Bonchev–Trinajstić information content (AvgIpc) is 2.42. The molecule has 0 unspecified atom stereocenters. The predicted octanol–water partition coefficient (Wildman–Crippen LogP) is -0.655. The number of aromatic nitrogens is 3. The van der Waals surface area contributed by atoms with E-state index in [0.717, 1.165) is 4.57 Å². The van der Waals surface area contributed by atoms with E-state index in [0.29, 0.717) is 17.4 Å². The molecule has 98 valence electrons. The van der Waals surface area contributed by atoms with Gasteiger partial charge in [0, 0.05) is 20.5 Å². The van der Waals surface area contributed by atoms with Crippen molar-refractivity contribution in [1.29, 1.82) is 0 Å². The van der Waals surface area contributed by atoms with Crippen LogP contribution in [0.3, 0.4) is 0 Å². The molecule has 0 fully saturated rings. The van der Waals surface area contributed by atoms with E-state index < -0.39 is 17.2 Å². The largest absolute Gasteiger partial charge is 0.461 e. The average molecular weight is 261 g/mol. The van der Waals surface area contributed by atoms with E-state index in [1.54, 1.807) is 6.07 Å². The number of hydrogen-bond acceptors (Lipinski definition) is 5. The molecule has 0 N–H and O–H groups in total. The highest BCUT2D eigenvalue weighted by atomic mass is 16.5. The third-order valence-electron chi connectivity index (χ3n) is 3.31. The Morgan fingerprint density at radius 2 is 1.95 bits per heavy atom. The number of aryl methyl sites for hydroxylation is 1. The van der Waals surface area contributed by atoms with E-state index in [-0.39, 0.29) is 17.9 Å². The number of rotatable bonds is 0. The van der Waals surface area contributed by atoms with Crippen LogP contribution in [-0.4, -0.2) is 26.7 Å². The number of fused-ring (bicyclic) bond motifs is 2. The summed E-state index contributed by atoms with van der Waals surface area (Å²) in [4.78, 5) is 39.6. The van der Waals surface area contributed by atoms with Crippen molar-refractivity contribution in [3.05, 3.63) is 38.2 Å². The Labute approximate surface area is 107 Å². The molecule has 0 saturated carbocycles. The van der Waals surface area contributed by atoms with Gasteiger partial charge in [-0.25, -0.2) is 14.6 Å². The van der Waals surface area contributed by atoms with Crippen molar-refractivity contribution in [2.45, 2.75) is 6.42 Å². The summed E-state index contributed by atoms with van der Waals surface area (Å²) in [6.45, 7) is 0.283. The smallest absolute Gasteiger partial charge is 0.357 e. The van der Waals surface area contributed by atoms with Crippen molar-refractivity contribution >= 4 is 17.0 Å². The molecule has 0 atom stereocenters. The lowest BCUT2D eigenvalue weighted by atomic mass is 10.1. The van der Waals surface area contributed by atoms with E-state index in [9.17, 15) is 14.4 Å². The van der Waals surface area contributed by atoms with Crippen LogP contribution in [-0.2, 0) is 25.3 Å². The molecule has 1 aliphatic rings. The van der Waals surface area contributed by atoms with Gasteiger partial charge in [0.1, 0.15) is 5.65 Å². The minimum atomic E-state index is -0.517. The fourth-order valence-electron chi connectivity index (χ4n) is 2.23. The molecule has 0 aromatic carbocycles. The highest BCUT2D eigenvalue weighted by Crippen LogP contribution is 2.18. The first-order valence-electron chi connectivity index (χ1n) is 5.77. The monoisotopic (exact) mass is 261 g/mol. The molecule has 1 aliphatic heterocycles. The Morgan fingerprint density at radius 3 is 2.68 bits per heavy atom. The van der Waals surface area contributed by atoms with Crippen molar-refractivity contribution in [1.82, 2.24) is 14.1 Å². The van der Waals surface area contributed by atoms with Gasteiger partial charge in [-0.15, -0.1) is 0 Å². The zero-order valence-corrected chi connectivity index (χ0v) is 10.5. The van der Waals surface area contributed by atoms with Gasteiger partial charge in [-0.3, -0.25) is 13.9 Å². The zero-order chi connectivity index (χ0) is 13.7. The summed E-state index contributed by atoms with van der Waals surface area (Å²) in [5, 5.41) is 0.332. The summed E-state index contributed by atoms with van der Waals surface area (Å²) in [5.41, 5.74) is 0.175. The normalized spacial score (nSPS) is 14.3. The predicted molar refractivity (Wildman–Crippen MR) is 66.2 cm³/mol. The number of esters is 1. The molecule has 7 heteroatoms. The first-order chi connectivity index (χ1) is 9.00. The van der Waals surface area contributed by atoms with Crippen molar-refractivity contribution in [3.8, 4) is 0 Å². The summed E-state index contributed by atoms with van der Waals surface area (Å²) in [7, 11) is 2.93. The molecule has 3 rings (SSSR count). The number of hydrogen-bond donors (Lipinski definition) is 0. The second-order valence-electron chi connectivity index (χ2n) is 4.46. The van der Waals surface area contributed by atoms with Crippen LogP contribution >= 0.6 is 0 Å². The molecule has 19 heavy (non-hydrogen) atoms. The summed E-state index contributed by atoms with van der Waals surface area (Å²) in [5.74, 6) is -0.517. The SMILES string of the molecule is Cn1c(=O)c2cc3c(nc2n(C)c1=O)C(=O)OCC3. The molecule has 0 saturated heterocycles. The molecule has 3 heterocycles. The molecular formula is C12H11N3O4. The lowest BCUT2D eigenvalue weighted by molar-refractivity contribution is 0.0472. The van der Waals surface area contributed by atoms with Crippen LogP contribution in [0.25, 0.3) is 11.0 Å². The van der Waals surface area contributed by atoms with Crippen LogP contribution in [0.15, 0.2) is 15.7 Å². The molecule has 0 radical (unpaired) electrons. The fraction of sp³-hybridized carbons (Fsp3) is 0.333. The molecule has 0 spiro atoms. The fourth-order valence-corrected chi connectivity index (χ4v) is 2.23. The number of pyridine rings is 1. The van der Waals surface area contributed by atoms with Crippen LogP contribution in [0.2, 0.25) is 0 Å². The van der Waals surface area contributed by atoms with Gasteiger partial charge < -0.3 is 4.74 Å². The first kappa shape index (κ1) is 11.6. The van der Waals surface area contributed by atoms with Crippen molar-refractivity contribution < 1.29 is 9.53 Å². The third-order valence-corrected chi connectivity index (χ3v) is 3.31. The van der Waals surface area contributed by atoms with Gasteiger partial charge in [0.15, 0.2) is 5.69 Å². The summed E-state index contributed by atoms with van der Waals surface area (Å²) >= 11 is 0. The molecule has 2 aromatic rings. The van der Waals surface area contributed by atoms with Crippen LogP contribution < -0.4 is 11.2 Å². The Kier molecular flexibility index (Phi) is 2.31. The number of carbonyl (C=O) groups is 1. The van der Waals surface area contributed by atoms with Gasteiger partial charge in [-0.2, -0.15) is 0 Å². The molecular weight excluding hydrogens is 250 g/mol. The highest BCUT2D eigenvalue weighted by molar-refractivity contribution is 5.92. The minimum absolute atomic E-state index is 0.182. The van der Waals surface area contributed by atoms with Crippen LogP contribution in [0.1, 0.15) is 16.1 Å². The summed E-state index contributed by atoms with van der Waals surface area (Å²) in [6, 6.07) is 1.62. The second-order valence-corrected chi connectivity index (χ2v) is 4.46. The van der Waals surface area contributed by atoms with Crippen LogP contribution in [0.5, 0.6) is 0 Å². The van der Waals surface area contributed by atoms with Crippen LogP contribution in [0.4, 0.5) is 0 Å². The zero-order valence-electron chi connectivity index (χ0n) is 10.5. The molecule has 0 aliphatic carbocycles. The molecule has 2 aromatic heterocycles. The molecule has 0 bridgehead atoms. The Balaban J connectivity index is 2.51. The van der Waals surface area contributed by atoms with E-state index in [1.165, 1.54) is 18.7 Å². The van der Waals surface area contributed by atoms with E-state index in [1.807, 2.05) is 0 Å². The topological polar surface area (TPSA) is 83.2 Å². The molecule has 7 nitrogen and oxygen atoms in total. The van der Waals surface area contributed by atoms with Gasteiger partial charge in [-0.05, 0) is 11.6 Å². The maximum atomic E-state index is 12.1. The van der Waals surface area contributed by atoms with Gasteiger partial charge in [0.05, 0.1) is 12.0 Å². The Hall–Kier alpha value is -2.44. The van der Waals surface area contributed by atoms with Gasteiger partial charge >= 0.3 is 11.7 Å².